The normalized spacial score (nSPS) is 10.2. The Balaban J connectivity index is 2.13. The number of benzene rings is 2. The first-order valence-corrected chi connectivity index (χ1v) is 6.45. The van der Waals surface area contributed by atoms with Gasteiger partial charge in [-0.2, -0.15) is 0 Å². The van der Waals surface area contributed by atoms with Crippen molar-refractivity contribution < 1.29 is 9.90 Å². The second-order valence-corrected chi connectivity index (χ2v) is 4.86. The number of carbonyl (C=O) groups is 1. The Morgan fingerprint density at radius 3 is 2.67 bits per heavy atom. The lowest BCUT2D eigenvalue weighted by atomic mass is 10.1. The van der Waals surface area contributed by atoms with Gasteiger partial charge in [0.25, 0.3) is 0 Å². The Morgan fingerprint density at radius 2 is 1.94 bits per heavy atom. The van der Waals surface area contributed by atoms with Gasteiger partial charge in [0.1, 0.15) is 5.75 Å². The zero-order valence-electron chi connectivity index (χ0n) is 9.67. The van der Waals surface area contributed by atoms with Gasteiger partial charge in [-0.3, -0.25) is 4.79 Å². The lowest BCUT2D eigenvalue weighted by Gasteiger charge is -2.06. The lowest BCUT2D eigenvalue weighted by molar-refractivity contribution is 0.0999. The van der Waals surface area contributed by atoms with Gasteiger partial charge in [0.2, 0.25) is 5.91 Å². The molecule has 18 heavy (non-hydrogen) atoms. The van der Waals surface area contributed by atoms with Gasteiger partial charge in [0, 0.05) is 16.2 Å². The minimum Gasteiger partial charge on any atom is -0.508 e. The van der Waals surface area contributed by atoms with E-state index >= 15 is 0 Å². The van der Waals surface area contributed by atoms with Crippen LogP contribution in [0.15, 0.2) is 53.4 Å². The Kier molecular flexibility index (Phi) is 3.89. The molecule has 2 aromatic carbocycles. The molecule has 1 amide bonds. The minimum atomic E-state index is -0.415. The molecule has 3 N–H and O–H groups in total. The second-order valence-electron chi connectivity index (χ2n) is 3.81. The molecule has 0 aliphatic heterocycles. The fraction of sp³-hybridized carbons (Fsp3) is 0.0714. The van der Waals surface area contributed by atoms with Gasteiger partial charge < -0.3 is 10.8 Å². The van der Waals surface area contributed by atoms with E-state index in [0.29, 0.717) is 11.3 Å². The van der Waals surface area contributed by atoms with Crippen molar-refractivity contribution in [3.05, 3.63) is 59.7 Å². The lowest BCUT2D eigenvalue weighted by Crippen LogP contribution is -2.13. The van der Waals surface area contributed by atoms with Crippen LogP contribution in [0.4, 0.5) is 0 Å². The summed E-state index contributed by atoms with van der Waals surface area (Å²) in [7, 11) is 0. The number of phenols is 1. The largest absolute Gasteiger partial charge is 0.508 e. The molecule has 0 fully saturated rings. The molecule has 0 spiro atoms. The van der Waals surface area contributed by atoms with Crippen LogP contribution in [0.1, 0.15) is 15.9 Å². The summed E-state index contributed by atoms with van der Waals surface area (Å²) < 4.78 is 0. The number of primary amides is 1. The van der Waals surface area contributed by atoms with Crippen LogP contribution in [0, 0.1) is 0 Å². The molecule has 0 unspecified atom stereocenters. The molecule has 0 atom stereocenters. The standard InChI is InChI=1S/C14H13NO2S/c15-14(17)13-7-2-1-4-10(13)9-18-12-6-3-5-11(16)8-12/h1-8,16H,9H2,(H2,15,17). The summed E-state index contributed by atoms with van der Waals surface area (Å²) in [5.74, 6) is 0.466. The first kappa shape index (κ1) is 12.5. The van der Waals surface area contributed by atoms with E-state index in [4.69, 9.17) is 5.73 Å². The third-order valence-corrected chi connectivity index (χ3v) is 3.54. The molecule has 2 rings (SSSR count). The first-order chi connectivity index (χ1) is 8.66. The predicted molar refractivity (Wildman–Crippen MR) is 72.6 cm³/mol. The van der Waals surface area contributed by atoms with Crippen LogP contribution in [-0.2, 0) is 5.75 Å². The minimum absolute atomic E-state index is 0.239. The predicted octanol–water partition coefficient (Wildman–Crippen LogP) is 2.78. The number of amides is 1. The summed E-state index contributed by atoms with van der Waals surface area (Å²) in [6.07, 6.45) is 0. The molecule has 0 radical (unpaired) electrons. The number of nitrogens with two attached hydrogens (primary N) is 1. The second kappa shape index (κ2) is 5.60. The van der Waals surface area contributed by atoms with Crippen molar-refractivity contribution >= 4 is 17.7 Å². The number of aromatic hydroxyl groups is 1. The van der Waals surface area contributed by atoms with Gasteiger partial charge in [-0.25, -0.2) is 0 Å². The summed E-state index contributed by atoms with van der Waals surface area (Å²) in [5, 5.41) is 9.37. The van der Waals surface area contributed by atoms with Crippen molar-refractivity contribution in [3.63, 3.8) is 0 Å². The van der Waals surface area contributed by atoms with E-state index in [1.165, 1.54) is 0 Å². The van der Waals surface area contributed by atoms with Crippen LogP contribution in [0.25, 0.3) is 0 Å². The highest BCUT2D eigenvalue weighted by atomic mass is 32.2. The van der Waals surface area contributed by atoms with Gasteiger partial charge in [-0.1, -0.05) is 24.3 Å². The van der Waals surface area contributed by atoms with E-state index in [2.05, 4.69) is 0 Å². The molecular formula is C14H13NO2S. The Labute approximate surface area is 110 Å². The third-order valence-electron chi connectivity index (χ3n) is 2.49. The van der Waals surface area contributed by atoms with Gasteiger partial charge >= 0.3 is 0 Å². The molecule has 0 heterocycles. The Hall–Kier alpha value is -1.94. The maximum atomic E-state index is 11.3. The van der Waals surface area contributed by atoms with Gasteiger partial charge in [0.05, 0.1) is 0 Å². The van der Waals surface area contributed by atoms with E-state index in [9.17, 15) is 9.90 Å². The SMILES string of the molecule is NC(=O)c1ccccc1CSc1cccc(O)c1. The van der Waals surface area contributed by atoms with Crippen LogP contribution >= 0.6 is 11.8 Å². The molecular weight excluding hydrogens is 246 g/mol. The maximum Gasteiger partial charge on any atom is 0.249 e. The third kappa shape index (κ3) is 3.05. The first-order valence-electron chi connectivity index (χ1n) is 5.46. The number of phenolic OH excluding ortho intramolecular Hbond substituents is 1. The highest BCUT2D eigenvalue weighted by Crippen LogP contribution is 2.26. The summed E-state index contributed by atoms with van der Waals surface area (Å²) in [6, 6.07) is 14.3. The van der Waals surface area contributed by atoms with E-state index in [-0.39, 0.29) is 5.75 Å². The topological polar surface area (TPSA) is 63.3 Å². The van der Waals surface area contributed by atoms with Crippen LogP contribution in [0.5, 0.6) is 5.75 Å². The zero-order valence-corrected chi connectivity index (χ0v) is 10.5. The van der Waals surface area contributed by atoms with Crippen LogP contribution in [-0.4, -0.2) is 11.0 Å². The summed E-state index contributed by atoms with van der Waals surface area (Å²) in [6.45, 7) is 0. The fourth-order valence-corrected chi connectivity index (χ4v) is 2.57. The number of rotatable bonds is 4. The Bertz CT molecular complexity index is 569. The number of thioether (sulfide) groups is 1. The molecule has 92 valence electrons. The molecule has 2 aromatic rings. The molecule has 4 heteroatoms. The monoisotopic (exact) mass is 259 g/mol. The molecule has 0 bridgehead atoms. The van der Waals surface area contributed by atoms with Crippen molar-refractivity contribution in [2.75, 3.05) is 0 Å². The fourth-order valence-electron chi connectivity index (χ4n) is 1.62. The van der Waals surface area contributed by atoms with E-state index < -0.39 is 5.91 Å². The van der Waals surface area contributed by atoms with Gasteiger partial charge in [-0.05, 0) is 29.8 Å². The molecule has 3 nitrogen and oxygen atoms in total. The Morgan fingerprint density at radius 1 is 1.17 bits per heavy atom. The van der Waals surface area contributed by atoms with Gasteiger partial charge in [0.15, 0.2) is 0 Å². The number of hydrogen-bond acceptors (Lipinski definition) is 3. The van der Waals surface area contributed by atoms with E-state index in [1.807, 2.05) is 18.2 Å². The summed E-state index contributed by atoms with van der Waals surface area (Å²) >= 11 is 1.55. The summed E-state index contributed by atoms with van der Waals surface area (Å²) in [5.41, 5.74) is 6.77. The van der Waals surface area contributed by atoms with Crippen molar-refractivity contribution in [2.45, 2.75) is 10.6 Å². The quantitative estimate of drug-likeness (QED) is 0.830. The van der Waals surface area contributed by atoms with Gasteiger partial charge in [-0.15, -0.1) is 11.8 Å². The average molecular weight is 259 g/mol. The maximum absolute atomic E-state index is 11.3. The van der Waals surface area contributed by atoms with E-state index in [0.717, 1.165) is 10.5 Å². The van der Waals surface area contributed by atoms with Crippen LogP contribution in [0.2, 0.25) is 0 Å². The van der Waals surface area contributed by atoms with Crippen molar-refractivity contribution in [2.24, 2.45) is 5.73 Å². The van der Waals surface area contributed by atoms with Crippen molar-refractivity contribution in [3.8, 4) is 5.75 Å². The van der Waals surface area contributed by atoms with Crippen LogP contribution in [0.3, 0.4) is 0 Å². The van der Waals surface area contributed by atoms with Crippen molar-refractivity contribution in [1.82, 2.24) is 0 Å². The highest BCUT2D eigenvalue weighted by Gasteiger charge is 2.07. The zero-order chi connectivity index (χ0) is 13.0. The molecule has 0 aromatic heterocycles. The smallest absolute Gasteiger partial charge is 0.249 e. The van der Waals surface area contributed by atoms with Crippen LogP contribution < -0.4 is 5.73 Å². The summed E-state index contributed by atoms with van der Waals surface area (Å²) in [4.78, 5) is 12.2. The van der Waals surface area contributed by atoms with E-state index in [1.54, 1.807) is 42.1 Å². The molecule has 0 saturated heterocycles. The highest BCUT2D eigenvalue weighted by molar-refractivity contribution is 7.98. The molecule has 0 aliphatic carbocycles. The molecule has 0 saturated carbocycles. The molecule has 0 aliphatic rings. The number of hydrogen-bond donors (Lipinski definition) is 2. The average Bonchev–Trinajstić information content (AvgIpc) is 2.37. The number of carbonyl (C=O) groups excluding carboxylic acids is 1. The van der Waals surface area contributed by atoms with Crippen molar-refractivity contribution in [1.29, 1.82) is 0 Å².